The van der Waals surface area contributed by atoms with Crippen LogP contribution in [0.1, 0.15) is 12.1 Å². The van der Waals surface area contributed by atoms with E-state index >= 15 is 0 Å². The molecular formula is C17H18N4O4. The summed E-state index contributed by atoms with van der Waals surface area (Å²) in [7, 11) is 1.77. The highest BCUT2D eigenvalue weighted by Gasteiger charge is 2.36. The third kappa shape index (κ3) is 2.79. The number of rotatable bonds is 3. The van der Waals surface area contributed by atoms with Crippen LogP contribution in [0, 0.1) is 12.8 Å². The van der Waals surface area contributed by atoms with Gasteiger partial charge in [0.25, 0.3) is 0 Å². The van der Waals surface area contributed by atoms with Crippen molar-refractivity contribution in [3.05, 3.63) is 30.0 Å². The summed E-state index contributed by atoms with van der Waals surface area (Å²) in [5.74, 6) is 1.23. The lowest BCUT2D eigenvalue weighted by Crippen LogP contribution is -2.28. The highest BCUT2D eigenvalue weighted by Crippen LogP contribution is 2.37. The number of hydrogen-bond donors (Lipinski definition) is 1. The third-order valence-corrected chi connectivity index (χ3v) is 4.42. The Balaban J connectivity index is 1.48. The molecule has 1 aromatic heterocycles. The molecule has 4 rings (SSSR count). The molecule has 25 heavy (non-hydrogen) atoms. The Labute approximate surface area is 144 Å². The van der Waals surface area contributed by atoms with Gasteiger partial charge in [0, 0.05) is 37.8 Å². The number of carbonyl (C=O) groups is 2. The van der Waals surface area contributed by atoms with Crippen molar-refractivity contribution >= 4 is 23.3 Å². The average molecular weight is 342 g/mol. The maximum Gasteiger partial charge on any atom is 0.231 e. The number of aromatic nitrogens is 2. The van der Waals surface area contributed by atoms with E-state index in [0.29, 0.717) is 29.5 Å². The number of benzene rings is 1. The fourth-order valence-electron chi connectivity index (χ4n) is 3.14. The maximum absolute atomic E-state index is 12.5. The van der Waals surface area contributed by atoms with Gasteiger partial charge in [0.05, 0.1) is 11.6 Å². The zero-order chi connectivity index (χ0) is 17.6. The molecule has 2 amide bonds. The van der Waals surface area contributed by atoms with Crippen LogP contribution in [0.2, 0.25) is 0 Å². The maximum atomic E-state index is 12.5. The number of ether oxygens (including phenoxy) is 2. The van der Waals surface area contributed by atoms with E-state index in [1.54, 1.807) is 40.9 Å². The lowest BCUT2D eigenvalue weighted by molar-refractivity contribution is -0.122. The lowest BCUT2D eigenvalue weighted by Gasteiger charge is -2.17. The highest BCUT2D eigenvalue weighted by atomic mass is 16.7. The van der Waals surface area contributed by atoms with E-state index in [9.17, 15) is 9.59 Å². The average Bonchev–Trinajstić information content (AvgIpc) is 3.26. The topological polar surface area (TPSA) is 85.7 Å². The van der Waals surface area contributed by atoms with E-state index < -0.39 is 5.92 Å². The Bertz CT molecular complexity index is 860. The lowest BCUT2D eigenvalue weighted by atomic mass is 10.1. The van der Waals surface area contributed by atoms with Crippen LogP contribution in [-0.2, 0) is 16.6 Å². The molecule has 8 heteroatoms. The number of nitrogens with zero attached hydrogens (tertiary/aromatic N) is 3. The summed E-state index contributed by atoms with van der Waals surface area (Å²) in [6, 6.07) is 7.14. The molecule has 130 valence electrons. The largest absolute Gasteiger partial charge is 0.454 e. The van der Waals surface area contributed by atoms with Crippen LogP contribution in [0.15, 0.2) is 24.3 Å². The first-order valence-corrected chi connectivity index (χ1v) is 8.03. The molecule has 2 aliphatic heterocycles. The molecule has 1 fully saturated rings. The van der Waals surface area contributed by atoms with Crippen LogP contribution >= 0.6 is 0 Å². The SMILES string of the molecule is Cc1cc(NC(=O)C2CC(=O)N(c3ccc4c(c3)OCO4)C2)n(C)n1. The first kappa shape index (κ1) is 15.5. The van der Waals surface area contributed by atoms with Gasteiger partial charge in [-0.3, -0.25) is 14.3 Å². The van der Waals surface area contributed by atoms with Crippen LogP contribution in [0.5, 0.6) is 11.5 Å². The molecule has 2 aliphatic rings. The minimum absolute atomic E-state index is 0.0831. The zero-order valence-corrected chi connectivity index (χ0v) is 14.0. The van der Waals surface area contributed by atoms with Gasteiger partial charge in [-0.2, -0.15) is 5.10 Å². The number of fused-ring (bicyclic) bond motifs is 1. The number of anilines is 2. The highest BCUT2D eigenvalue weighted by molar-refractivity contribution is 6.03. The molecule has 1 N–H and O–H groups in total. The van der Waals surface area contributed by atoms with E-state index in [-0.39, 0.29) is 25.0 Å². The first-order chi connectivity index (χ1) is 12.0. The number of carbonyl (C=O) groups excluding carboxylic acids is 2. The summed E-state index contributed by atoms with van der Waals surface area (Å²) in [6.07, 6.45) is 0.178. The fraction of sp³-hybridized carbons (Fsp3) is 0.353. The van der Waals surface area contributed by atoms with Gasteiger partial charge in [-0.1, -0.05) is 0 Å². The third-order valence-electron chi connectivity index (χ3n) is 4.42. The van der Waals surface area contributed by atoms with E-state index in [0.717, 1.165) is 5.69 Å². The fourth-order valence-corrected chi connectivity index (χ4v) is 3.14. The van der Waals surface area contributed by atoms with Crippen molar-refractivity contribution in [2.24, 2.45) is 13.0 Å². The molecule has 2 aromatic rings. The van der Waals surface area contributed by atoms with Gasteiger partial charge in [-0.15, -0.1) is 0 Å². The molecule has 0 bridgehead atoms. The Morgan fingerprint density at radius 2 is 2.08 bits per heavy atom. The summed E-state index contributed by atoms with van der Waals surface area (Å²) < 4.78 is 12.2. The van der Waals surface area contributed by atoms with Crippen LogP contribution in [-0.4, -0.2) is 34.9 Å². The summed E-state index contributed by atoms with van der Waals surface area (Å²) in [4.78, 5) is 26.5. The van der Waals surface area contributed by atoms with Crippen LogP contribution < -0.4 is 19.7 Å². The van der Waals surface area contributed by atoms with Gasteiger partial charge in [0.1, 0.15) is 5.82 Å². The second-order valence-electron chi connectivity index (χ2n) is 6.23. The van der Waals surface area contributed by atoms with E-state index in [1.807, 2.05) is 6.92 Å². The zero-order valence-electron chi connectivity index (χ0n) is 14.0. The quantitative estimate of drug-likeness (QED) is 0.912. The predicted molar refractivity (Wildman–Crippen MR) is 89.6 cm³/mol. The molecule has 0 spiro atoms. The Kier molecular flexibility index (Phi) is 3.60. The van der Waals surface area contributed by atoms with Crippen LogP contribution in [0.4, 0.5) is 11.5 Å². The van der Waals surface area contributed by atoms with Crippen molar-refractivity contribution in [3.8, 4) is 11.5 Å². The molecule has 1 unspecified atom stereocenters. The van der Waals surface area contributed by atoms with Gasteiger partial charge in [0.2, 0.25) is 18.6 Å². The molecule has 0 saturated carbocycles. The number of aryl methyl sites for hydroxylation is 2. The van der Waals surface area contributed by atoms with E-state index in [4.69, 9.17) is 9.47 Å². The standard InChI is InChI=1S/C17H18N4O4/c1-10-5-15(20(2)19-10)18-17(23)11-6-16(22)21(8-11)12-3-4-13-14(7-12)25-9-24-13/h3-5,7,11H,6,8-9H2,1-2H3,(H,18,23). The molecule has 0 aliphatic carbocycles. The molecule has 3 heterocycles. The first-order valence-electron chi connectivity index (χ1n) is 8.03. The summed E-state index contributed by atoms with van der Waals surface area (Å²) in [5, 5.41) is 7.05. The van der Waals surface area contributed by atoms with E-state index in [2.05, 4.69) is 10.4 Å². The van der Waals surface area contributed by atoms with Crippen molar-refractivity contribution in [2.45, 2.75) is 13.3 Å². The van der Waals surface area contributed by atoms with Crippen molar-refractivity contribution in [2.75, 3.05) is 23.6 Å². The van der Waals surface area contributed by atoms with Gasteiger partial charge >= 0.3 is 0 Å². The van der Waals surface area contributed by atoms with E-state index in [1.165, 1.54) is 0 Å². The monoisotopic (exact) mass is 342 g/mol. The van der Waals surface area contributed by atoms with Gasteiger partial charge < -0.3 is 19.7 Å². The van der Waals surface area contributed by atoms with Crippen molar-refractivity contribution in [1.82, 2.24) is 9.78 Å². The summed E-state index contributed by atoms with van der Waals surface area (Å²) in [6.45, 7) is 2.37. The summed E-state index contributed by atoms with van der Waals surface area (Å²) in [5.41, 5.74) is 1.53. The van der Waals surface area contributed by atoms with Gasteiger partial charge in [-0.25, -0.2) is 0 Å². The number of amides is 2. The van der Waals surface area contributed by atoms with Crippen molar-refractivity contribution in [1.29, 1.82) is 0 Å². The second kappa shape index (κ2) is 5.80. The number of hydrogen-bond acceptors (Lipinski definition) is 5. The summed E-state index contributed by atoms with van der Waals surface area (Å²) >= 11 is 0. The minimum atomic E-state index is -0.409. The minimum Gasteiger partial charge on any atom is -0.454 e. The van der Waals surface area contributed by atoms with Crippen LogP contribution in [0.25, 0.3) is 0 Å². The Morgan fingerprint density at radius 3 is 2.84 bits per heavy atom. The van der Waals surface area contributed by atoms with Gasteiger partial charge in [0.15, 0.2) is 11.5 Å². The number of nitrogens with one attached hydrogen (secondary N) is 1. The normalized spacial score (nSPS) is 18.7. The predicted octanol–water partition coefficient (Wildman–Crippen LogP) is 1.45. The molecule has 1 aromatic carbocycles. The van der Waals surface area contributed by atoms with Crippen molar-refractivity contribution in [3.63, 3.8) is 0 Å². The molecule has 1 saturated heterocycles. The van der Waals surface area contributed by atoms with Crippen molar-refractivity contribution < 1.29 is 19.1 Å². The molecular weight excluding hydrogens is 324 g/mol. The van der Waals surface area contributed by atoms with Crippen LogP contribution in [0.3, 0.4) is 0 Å². The Hall–Kier alpha value is -3.03. The van der Waals surface area contributed by atoms with Gasteiger partial charge in [-0.05, 0) is 19.1 Å². The molecule has 8 nitrogen and oxygen atoms in total. The molecule has 1 atom stereocenters. The molecule has 0 radical (unpaired) electrons. The Morgan fingerprint density at radius 1 is 1.28 bits per heavy atom. The smallest absolute Gasteiger partial charge is 0.231 e. The second-order valence-corrected chi connectivity index (χ2v) is 6.23.